The molecule has 1 heterocycles. The van der Waals surface area contributed by atoms with Crippen LogP contribution in [0.25, 0.3) is 0 Å². The quantitative estimate of drug-likeness (QED) is 0.497. The summed E-state index contributed by atoms with van der Waals surface area (Å²) in [6.07, 6.45) is 0.986. The smallest absolute Gasteiger partial charge is 0.230 e. The Balaban J connectivity index is 1.66. The van der Waals surface area contributed by atoms with Crippen LogP contribution in [0.5, 0.6) is 0 Å². The molecule has 30 heavy (non-hydrogen) atoms. The van der Waals surface area contributed by atoms with Crippen LogP contribution in [0.2, 0.25) is 0 Å². The predicted octanol–water partition coefficient (Wildman–Crippen LogP) is 3.59. The van der Waals surface area contributed by atoms with Gasteiger partial charge in [-0.2, -0.15) is 0 Å². The van der Waals surface area contributed by atoms with Crippen molar-refractivity contribution < 1.29 is 13.2 Å². The summed E-state index contributed by atoms with van der Waals surface area (Å²) in [4.78, 5) is 14.5. The number of carbonyl (C=O) groups is 1. The molecule has 0 bridgehead atoms. The molecule has 1 N–H and O–H groups in total. The highest BCUT2D eigenvalue weighted by Crippen LogP contribution is 2.36. The molecule has 7 heteroatoms. The van der Waals surface area contributed by atoms with Gasteiger partial charge in [0, 0.05) is 30.3 Å². The van der Waals surface area contributed by atoms with E-state index in [1.54, 1.807) is 18.7 Å². The highest BCUT2D eigenvalue weighted by atomic mass is 32.2. The van der Waals surface area contributed by atoms with Crippen molar-refractivity contribution in [2.45, 2.75) is 37.0 Å². The summed E-state index contributed by atoms with van der Waals surface area (Å²) in [6.45, 7) is 5.04. The normalized spacial score (nSPS) is 16.9. The van der Waals surface area contributed by atoms with Crippen LogP contribution in [0.1, 0.15) is 30.9 Å². The van der Waals surface area contributed by atoms with Crippen LogP contribution in [0.15, 0.2) is 59.5 Å². The minimum atomic E-state index is -3.24. The first kappa shape index (κ1) is 22.8. The topological polar surface area (TPSA) is 66.5 Å². The number of hydrogen-bond donors (Lipinski definition) is 1. The number of thioether (sulfide) groups is 1. The summed E-state index contributed by atoms with van der Waals surface area (Å²) in [5.41, 5.74) is 1.51. The molecule has 1 aliphatic rings. The minimum Gasteiger partial charge on any atom is -0.354 e. The van der Waals surface area contributed by atoms with E-state index in [1.165, 1.54) is 14.8 Å². The second-order valence-corrected chi connectivity index (χ2v) is 11.1. The van der Waals surface area contributed by atoms with E-state index in [1.807, 2.05) is 30.3 Å². The van der Waals surface area contributed by atoms with Crippen LogP contribution >= 0.6 is 11.8 Å². The number of piperidine rings is 1. The predicted molar refractivity (Wildman–Crippen MR) is 123 cm³/mol. The Hall–Kier alpha value is -1.83. The van der Waals surface area contributed by atoms with Crippen molar-refractivity contribution >= 4 is 27.7 Å². The van der Waals surface area contributed by atoms with Crippen molar-refractivity contribution in [2.75, 3.05) is 31.1 Å². The lowest BCUT2D eigenvalue weighted by Gasteiger charge is -2.40. The average Bonchev–Trinajstić information content (AvgIpc) is 2.78. The largest absolute Gasteiger partial charge is 0.354 e. The molecular weight excluding hydrogens is 416 g/mol. The Labute approximate surface area is 184 Å². The van der Waals surface area contributed by atoms with Crippen LogP contribution < -0.4 is 5.32 Å². The first-order valence-corrected chi connectivity index (χ1v) is 13.0. The summed E-state index contributed by atoms with van der Waals surface area (Å²) in [5.74, 6) is 0.871. The van der Waals surface area contributed by atoms with E-state index in [0.29, 0.717) is 32.5 Å². The molecular formula is C23H30N2O3S2. The van der Waals surface area contributed by atoms with E-state index in [9.17, 15) is 13.2 Å². The van der Waals surface area contributed by atoms with Gasteiger partial charge in [0.1, 0.15) is 0 Å². The summed E-state index contributed by atoms with van der Waals surface area (Å²) in [6, 6.07) is 18.1. The van der Waals surface area contributed by atoms with Crippen molar-refractivity contribution in [2.24, 2.45) is 0 Å². The van der Waals surface area contributed by atoms with Gasteiger partial charge in [0.15, 0.2) is 0 Å². The summed E-state index contributed by atoms with van der Waals surface area (Å²) >= 11 is 1.72. The molecule has 1 aliphatic heterocycles. The van der Waals surface area contributed by atoms with Crippen molar-refractivity contribution in [1.29, 1.82) is 0 Å². The van der Waals surface area contributed by atoms with Gasteiger partial charge in [-0.25, -0.2) is 12.7 Å². The van der Waals surface area contributed by atoms with Crippen molar-refractivity contribution in [3.8, 4) is 0 Å². The van der Waals surface area contributed by atoms with Crippen LogP contribution in [0.4, 0.5) is 0 Å². The molecule has 5 nitrogen and oxygen atoms in total. The van der Waals surface area contributed by atoms with Crippen molar-refractivity contribution in [3.05, 3.63) is 65.7 Å². The van der Waals surface area contributed by atoms with E-state index in [2.05, 4.69) is 36.5 Å². The molecule has 162 valence electrons. The van der Waals surface area contributed by atoms with Crippen molar-refractivity contribution in [1.82, 2.24) is 9.62 Å². The standard InChI is InChI=1S/C23H30N2O3S2/c1-3-30(27,28)25-16-13-23(14-17-25,20-7-5-4-6-8-20)22(26)24-15-18-29-21-11-9-19(2)10-12-21/h4-12H,3,13-18H2,1-2H3,(H,24,26). The van der Waals surface area contributed by atoms with Gasteiger partial charge in [0.05, 0.1) is 11.2 Å². The van der Waals surface area contributed by atoms with Crippen LogP contribution in [0, 0.1) is 6.92 Å². The van der Waals surface area contributed by atoms with Gasteiger partial charge < -0.3 is 5.32 Å². The van der Waals surface area contributed by atoms with E-state index in [0.717, 1.165) is 11.3 Å². The van der Waals surface area contributed by atoms with Crippen LogP contribution in [-0.2, 0) is 20.2 Å². The summed E-state index contributed by atoms with van der Waals surface area (Å²) in [5, 5.41) is 3.11. The fraction of sp³-hybridized carbons (Fsp3) is 0.435. The molecule has 1 saturated heterocycles. The van der Waals surface area contributed by atoms with Gasteiger partial charge in [0.2, 0.25) is 15.9 Å². The highest BCUT2D eigenvalue weighted by molar-refractivity contribution is 7.99. The number of rotatable bonds is 8. The lowest BCUT2D eigenvalue weighted by atomic mass is 9.72. The summed E-state index contributed by atoms with van der Waals surface area (Å²) < 4.78 is 26.0. The monoisotopic (exact) mass is 446 g/mol. The fourth-order valence-electron chi connectivity index (χ4n) is 3.87. The lowest BCUT2D eigenvalue weighted by Crippen LogP contribution is -2.53. The second kappa shape index (κ2) is 9.98. The number of sulfonamides is 1. The SMILES string of the molecule is CCS(=O)(=O)N1CCC(C(=O)NCCSc2ccc(C)cc2)(c2ccccc2)CC1. The van der Waals surface area contributed by atoms with Crippen molar-refractivity contribution in [3.63, 3.8) is 0 Å². The molecule has 0 radical (unpaired) electrons. The third kappa shape index (κ3) is 5.25. The Morgan fingerprint density at radius 3 is 2.30 bits per heavy atom. The molecule has 0 aliphatic carbocycles. The lowest BCUT2D eigenvalue weighted by molar-refractivity contribution is -0.128. The van der Waals surface area contributed by atoms with Gasteiger partial charge in [-0.1, -0.05) is 48.0 Å². The van der Waals surface area contributed by atoms with E-state index in [-0.39, 0.29) is 11.7 Å². The maximum Gasteiger partial charge on any atom is 0.230 e. The number of carbonyl (C=O) groups excluding carboxylic acids is 1. The maximum absolute atomic E-state index is 13.3. The van der Waals surface area contributed by atoms with Gasteiger partial charge in [-0.15, -0.1) is 11.8 Å². The maximum atomic E-state index is 13.3. The minimum absolute atomic E-state index is 0.00764. The number of nitrogens with zero attached hydrogens (tertiary/aromatic N) is 1. The second-order valence-electron chi connectivity index (χ2n) is 7.67. The van der Waals surface area contributed by atoms with E-state index in [4.69, 9.17) is 0 Å². The fourth-order valence-corrected chi connectivity index (χ4v) is 5.74. The Morgan fingerprint density at radius 2 is 1.70 bits per heavy atom. The molecule has 2 aromatic carbocycles. The molecule has 1 amide bonds. The Kier molecular flexibility index (Phi) is 7.60. The number of benzene rings is 2. The third-order valence-electron chi connectivity index (χ3n) is 5.77. The molecule has 0 unspecified atom stereocenters. The van der Waals surface area contributed by atoms with E-state index >= 15 is 0 Å². The Bertz CT molecular complexity index is 936. The highest BCUT2D eigenvalue weighted by Gasteiger charge is 2.44. The van der Waals surface area contributed by atoms with E-state index < -0.39 is 15.4 Å². The number of nitrogens with one attached hydrogen (secondary N) is 1. The molecule has 0 spiro atoms. The van der Waals surface area contributed by atoms with Gasteiger partial charge in [-0.3, -0.25) is 4.79 Å². The van der Waals surface area contributed by atoms with Gasteiger partial charge in [-0.05, 0) is 44.4 Å². The average molecular weight is 447 g/mol. The Morgan fingerprint density at radius 1 is 1.07 bits per heavy atom. The molecule has 0 atom stereocenters. The van der Waals surface area contributed by atoms with Crippen LogP contribution in [-0.4, -0.2) is 49.8 Å². The number of aryl methyl sites for hydroxylation is 1. The van der Waals surface area contributed by atoms with Gasteiger partial charge >= 0.3 is 0 Å². The molecule has 0 saturated carbocycles. The number of hydrogen-bond acceptors (Lipinski definition) is 4. The zero-order valence-corrected chi connectivity index (χ0v) is 19.3. The summed E-state index contributed by atoms with van der Waals surface area (Å²) in [7, 11) is -3.24. The molecule has 1 fully saturated rings. The third-order valence-corrected chi connectivity index (χ3v) is 8.67. The zero-order valence-electron chi connectivity index (χ0n) is 17.6. The molecule has 0 aromatic heterocycles. The zero-order chi connectivity index (χ0) is 21.6. The molecule has 2 aromatic rings. The van der Waals surface area contributed by atoms with Crippen LogP contribution in [0.3, 0.4) is 0 Å². The van der Waals surface area contributed by atoms with Gasteiger partial charge in [0.25, 0.3) is 0 Å². The first-order valence-electron chi connectivity index (χ1n) is 10.4. The first-order chi connectivity index (χ1) is 14.4. The molecule has 3 rings (SSSR count). The number of amides is 1.